The van der Waals surface area contributed by atoms with Crippen molar-refractivity contribution >= 4 is 47.7 Å². The second-order valence-electron chi connectivity index (χ2n) is 10.5. The molecule has 0 aliphatic carbocycles. The first kappa shape index (κ1) is 31.8. The van der Waals surface area contributed by atoms with E-state index in [9.17, 15) is 0 Å². The number of rotatable bonds is 6. The van der Waals surface area contributed by atoms with Gasteiger partial charge in [0.25, 0.3) is 0 Å². The van der Waals surface area contributed by atoms with Gasteiger partial charge in [-0.3, -0.25) is 0 Å². The normalized spacial score (nSPS) is 11.0. The molecule has 0 saturated heterocycles. The second-order valence-corrected chi connectivity index (χ2v) is 15.6. The van der Waals surface area contributed by atoms with E-state index in [-0.39, 0.29) is 0 Å². The summed E-state index contributed by atoms with van der Waals surface area (Å²) in [5.74, 6) is 0. The number of aryl methyl sites for hydroxylation is 2. The Morgan fingerprint density at radius 3 is 2.21 bits per heavy atom. The summed E-state index contributed by atoms with van der Waals surface area (Å²) in [6.07, 6.45) is 4.70. The molecule has 1 aliphatic heterocycles. The number of fused-ring (bicyclic) bond motifs is 4. The van der Waals surface area contributed by atoms with Crippen LogP contribution in [0.1, 0.15) is 37.8 Å². The Balaban J connectivity index is 0.000000190. The third kappa shape index (κ3) is 7.55. The van der Waals surface area contributed by atoms with Gasteiger partial charge < -0.3 is 0 Å². The molecule has 0 N–H and O–H groups in total. The van der Waals surface area contributed by atoms with E-state index in [1.807, 2.05) is 6.07 Å². The number of hydrogen-bond acceptors (Lipinski definition) is 0. The third-order valence-corrected chi connectivity index (χ3v) is 9.22. The van der Waals surface area contributed by atoms with Crippen molar-refractivity contribution in [3.63, 3.8) is 0 Å². The van der Waals surface area contributed by atoms with E-state index in [0.29, 0.717) is 0 Å². The first-order valence-corrected chi connectivity index (χ1v) is 22.2. The van der Waals surface area contributed by atoms with E-state index >= 15 is 0 Å². The molecule has 0 amide bonds. The molecule has 2 radical (unpaired) electrons. The van der Waals surface area contributed by atoms with Crippen LogP contribution in [0.15, 0.2) is 121 Å². The molecule has 6 aromatic carbocycles. The number of halogens is 2. The largest absolute Gasteiger partial charge is 0.184 e. The van der Waals surface area contributed by atoms with E-state index in [2.05, 4.69) is 135 Å². The average Bonchev–Trinajstić information content (AvgIpc) is 3.66. The monoisotopic (exact) mass is 690 g/mol. The fourth-order valence-corrected chi connectivity index (χ4v) is 7.13. The van der Waals surface area contributed by atoms with Gasteiger partial charge in [0.1, 0.15) is 0 Å². The molecule has 0 bridgehead atoms. The Hall–Kier alpha value is -2.61. The van der Waals surface area contributed by atoms with Gasteiger partial charge in [-0.2, -0.15) is 35.5 Å². The molecule has 4 heteroatoms. The summed E-state index contributed by atoms with van der Waals surface area (Å²) in [6, 6.07) is 47.3. The Bertz CT molecular complexity index is 1730. The van der Waals surface area contributed by atoms with E-state index < -0.39 is 20.8 Å². The van der Waals surface area contributed by atoms with Crippen LogP contribution in [-0.4, -0.2) is 9.52 Å². The molecule has 0 aromatic heterocycles. The smallest absolute Gasteiger partial charge is 0.0920 e. The second kappa shape index (κ2) is 15.9. The van der Waals surface area contributed by atoms with Gasteiger partial charge in [0.2, 0.25) is 0 Å². The van der Waals surface area contributed by atoms with Crippen molar-refractivity contribution in [2.75, 3.05) is 0 Å². The molecule has 0 atom stereocenters. The Kier molecular flexibility index (Phi) is 11.8. The quantitative estimate of drug-likeness (QED) is 0.120. The van der Waals surface area contributed by atoms with Crippen LogP contribution in [0.4, 0.5) is 0 Å². The molecule has 0 fully saturated rings. The topological polar surface area (TPSA) is 0 Å². The Labute approximate surface area is 278 Å². The predicted molar refractivity (Wildman–Crippen MR) is 186 cm³/mol. The van der Waals surface area contributed by atoms with Crippen LogP contribution in [0.25, 0.3) is 44.2 Å². The van der Waals surface area contributed by atoms with Crippen molar-refractivity contribution in [2.45, 2.75) is 39.5 Å². The summed E-state index contributed by atoms with van der Waals surface area (Å²) < 4.78 is 0. The molecule has 0 saturated carbocycles. The molecule has 0 unspecified atom stereocenters. The van der Waals surface area contributed by atoms with Crippen molar-refractivity contribution < 1.29 is 20.8 Å². The van der Waals surface area contributed by atoms with Gasteiger partial charge in [0, 0.05) is 0 Å². The fraction of sp³-hybridized carbons (Fsp3) is 0.154. The summed E-state index contributed by atoms with van der Waals surface area (Å²) in [4.78, 5) is 0. The van der Waals surface area contributed by atoms with E-state index in [1.54, 1.807) is 0 Å². The summed E-state index contributed by atoms with van der Waals surface area (Å²) in [5.41, 5.74) is 11.0. The van der Waals surface area contributed by atoms with Crippen molar-refractivity contribution in [1.82, 2.24) is 0 Å². The molecule has 43 heavy (non-hydrogen) atoms. The minimum atomic E-state index is -0.826. The maximum atomic E-state index is 4.93. The summed E-state index contributed by atoms with van der Waals surface area (Å²) in [7, 11) is 10.7. The van der Waals surface area contributed by atoms with Gasteiger partial charge in [-0.1, -0.05) is 128 Å². The van der Waals surface area contributed by atoms with Crippen LogP contribution in [0.5, 0.6) is 0 Å². The van der Waals surface area contributed by atoms with Crippen LogP contribution >= 0.6 is 17.0 Å². The summed E-state index contributed by atoms with van der Waals surface area (Å²) in [6.45, 7) is 4.51. The SMILES string of the molecule is CCCCc1cc2c(-c3ccccc3CC)c(-c3ccccc3)ccc2[cH-]1.[Cl][Zr+2][Cl].[c-]1cccc2c1[Si]c1ccccc1-2. The maximum absolute atomic E-state index is 4.93. The molecule has 1 aliphatic rings. The maximum Gasteiger partial charge on any atom is 0.0920 e. The average molecular weight is 693 g/mol. The zero-order valence-corrected chi connectivity index (χ0v) is 29.6. The zero-order valence-electron chi connectivity index (χ0n) is 24.6. The van der Waals surface area contributed by atoms with Gasteiger partial charge in [-0.15, -0.1) is 34.0 Å². The standard InChI is InChI=1S/C27H27.C12H7Si.2ClH.Zr/c1-3-5-11-20-18-23-16-17-25(22-13-7-6-8-14-22)27(26(23)19-20)24-15-10-9-12-21(24)4-2;1-3-7-11-9(5-1)10-6-2-4-8-12(10)13-11;;;/h6-10,12-19H,3-5,11H2,1-2H3;1-7H;2*1H;/q2*-1;;;+4/p-2. The number of benzene rings is 5. The van der Waals surface area contributed by atoms with Gasteiger partial charge in [0.15, 0.2) is 0 Å². The van der Waals surface area contributed by atoms with Gasteiger partial charge in [-0.05, 0) is 35.1 Å². The van der Waals surface area contributed by atoms with Gasteiger partial charge in [0.05, 0.1) is 9.52 Å². The number of hydrogen-bond donors (Lipinski definition) is 0. The van der Waals surface area contributed by atoms with Crippen LogP contribution in [0, 0.1) is 6.07 Å². The van der Waals surface area contributed by atoms with Crippen molar-refractivity contribution in [3.8, 4) is 33.4 Å². The molecular weight excluding hydrogens is 659 g/mol. The van der Waals surface area contributed by atoms with E-state index in [1.165, 1.54) is 84.9 Å². The molecule has 0 spiro atoms. The third-order valence-electron chi connectivity index (χ3n) is 7.85. The van der Waals surface area contributed by atoms with Crippen LogP contribution in [0.3, 0.4) is 0 Å². The molecule has 6 aromatic rings. The fourth-order valence-electron chi connectivity index (χ4n) is 5.82. The Morgan fingerprint density at radius 2 is 1.44 bits per heavy atom. The predicted octanol–water partition coefficient (Wildman–Crippen LogP) is 10.3. The summed E-state index contributed by atoms with van der Waals surface area (Å²) in [5, 5.41) is 5.58. The molecule has 1 heterocycles. The minimum absolute atomic E-state index is 0.795. The van der Waals surface area contributed by atoms with Gasteiger partial charge >= 0.3 is 37.9 Å². The van der Waals surface area contributed by atoms with Gasteiger partial charge in [-0.25, -0.2) is 0 Å². The molecular formula is C39H34Cl2SiZr. The molecule has 0 nitrogen and oxygen atoms in total. The molecule has 212 valence electrons. The zero-order chi connectivity index (χ0) is 30.0. The number of unbranched alkanes of at least 4 members (excludes halogenated alkanes) is 1. The minimum Gasteiger partial charge on any atom is -0.184 e. The van der Waals surface area contributed by atoms with E-state index in [0.717, 1.165) is 15.9 Å². The van der Waals surface area contributed by atoms with E-state index in [4.69, 9.17) is 17.0 Å². The van der Waals surface area contributed by atoms with Crippen LogP contribution in [0.2, 0.25) is 0 Å². The van der Waals surface area contributed by atoms with Crippen LogP contribution < -0.4 is 10.4 Å². The van der Waals surface area contributed by atoms with Crippen molar-refractivity contribution in [2.24, 2.45) is 0 Å². The first-order valence-electron chi connectivity index (χ1n) is 14.9. The molecule has 7 rings (SSSR count). The Morgan fingerprint density at radius 1 is 0.744 bits per heavy atom. The van der Waals surface area contributed by atoms with Crippen LogP contribution in [-0.2, 0) is 33.7 Å². The first-order chi connectivity index (χ1) is 21.2. The van der Waals surface area contributed by atoms with Crippen molar-refractivity contribution in [3.05, 3.63) is 139 Å². The summed E-state index contributed by atoms with van der Waals surface area (Å²) >= 11 is -0.826. The van der Waals surface area contributed by atoms with Crippen molar-refractivity contribution in [1.29, 1.82) is 0 Å².